The van der Waals surface area contributed by atoms with E-state index in [1.165, 1.54) is 17.8 Å². The zero-order chi connectivity index (χ0) is 15.7. The van der Waals surface area contributed by atoms with Gasteiger partial charge in [-0.05, 0) is 57.3 Å². The highest BCUT2D eigenvalue weighted by molar-refractivity contribution is 9.10. The van der Waals surface area contributed by atoms with Crippen LogP contribution in [0.15, 0.2) is 52.1 Å². The summed E-state index contributed by atoms with van der Waals surface area (Å²) < 4.78 is 27.8. The number of pyridine rings is 1. The first kappa shape index (κ1) is 15.3. The minimum Gasteiger partial charge on any atom is -0.249 e. The van der Waals surface area contributed by atoms with E-state index in [1.54, 1.807) is 30.5 Å². The Morgan fingerprint density at radius 1 is 1.14 bits per heavy atom. The first-order valence-electron chi connectivity index (χ1n) is 6.20. The maximum absolute atomic E-state index is 11.5. The van der Waals surface area contributed by atoms with Crippen LogP contribution >= 0.6 is 27.5 Å². The lowest BCUT2D eigenvalue weighted by Gasteiger charge is -2.04. The lowest BCUT2D eigenvalue weighted by Crippen LogP contribution is -1.96. The fraction of sp³-hybridized carbons (Fsp3) is 0.0714. The fourth-order valence-electron chi connectivity index (χ4n) is 1.97. The van der Waals surface area contributed by atoms with E-state index in [-0.39, 0.29) is 4.90 Å². The Bertz CT molecular complexity index is 921. The predicted molar refractivity (Wildman–Crippen MR) is 89.4 cm³/mol. The van der Waals surface area contributed by atoms with Gasteiger partial charge in [0.05, 0.1) is 9.77 Å². The van der Waals surface area contributed by atoms with Gasteiger partial charge in [0.15, 0.2) is 9.84 Å². The van der Waals surface area contributed by atoms with Gasteiger partial charge in [0.2, 0.25) is 0 Å². The van der Waals surface area contributed by atoms with Crippen molar-refractivity contribution in [3.8, 4) is 21.7 Å². The number of aromatic nitrogens is 3. The van der Waals surface area contributed by atoms with Gasteiger partial charge in [0.25, 0.3) is 0 Å². The zero-order valence-electron chi connectivity index (χ0n) is 11.4. The van der Waals surface area contributed by atoms with Gasteiger partial charge in [0, 0.05) is 18.0 Å². The van der Waals surface area contributed by atoms with E-state index in [4.69, 9.17) is 0 Å². The molecule has 0 aliphatic rings. The molecule has 0 saturated carbocycles. The molecular formula is C14H10BrN3O2S2. The fourth-order valence-corrected chi connectivity index (χ4v) is 3.72. The third-order valence-corrected chi connectivity index (χ3v) is 5.58. The maximum Gasteiger partial charge on any atom is 0.175 e. The smallest absolute Gasteiger partial charge is 0.175 e. The summed E-state index contributed by atoms with van der Waals surface area (Å²) in [5.74, 6) is 0. The second kappa shape index (κ2) is 5.86. The molecule has 5 nitrogen and oxygen atoms in total. The SMILES string of the molecule is CS(=O)(=O)c1ccc(-c2snnc2-c2cccnc2Br)cc1. The number of halogens is 1. The number of benzene rings is 1. The van der Waals surface area contributed by atoms with Gasteiger partial charge in [-0.2, -0.15) is 0 Å². The highest BCUT2D eigenvalue weighted by Gasteiger charge is 2.16. The molecule has 0 radical (unpaired) electrons. The Labute approximate surface area is 140 Å². The topological polar surface area (TPSA) is 72.8 Å². The summed E-state index contributed by atoms with van der Waals surface area (Å²) in [6.07, 6.45) is 2.88. The van der Waals surface area contributed by atoms with Crippen molar-refractivity contribution in [1.82, 2.24) is 14.6 Å². The minimum absolute atomic E-state index is 0.290. The molecular weight excluding hydrogens is 386 g/mol. The van der Waals surface area contributed by atoms with Crippen LogP contribution in [-0.2, 0) is 9.84 Å². The van der Waals surface area contributed by atoms with Crippen LogP contribution in [0.25, 0.3) is 21.7 Å². The van der Waals surface area contributed by atoms with Crippen molar-refractivity contribution >= 4 is 37.3 Å². The molecule has 0 spiro atoms. The van der Waals surface area contributed by atoms with Crippen LogP contribution in [0.3, 0.4) is 0 Å². The lowest BCUT2D eigenvalue weighted by molar-refractivity contribution is 0.602. The van der Waals surface area contributed by atoms with Crippen molar-refractivity contribution < 1.29 is 8.42 Å². The third-order valence-electron chi connectivity index (χ3n) is 3.05. The van der Waals surface area contributed by atoms with E-state index < -0.39 is 9.84 Å². The molecule has 0 N–H and O–H groups in total. The van der Waals surface area contributed by atoms with E-state index in [9.17, 15) is 8.42 Å². The second-order valence-electron chi connectivity index (χ2n) is 4.59. The summed E-state index contributed by atoms with van der Waals surface area (Å²) in [4.78, 5) is 5.35. The van der Waals surface area contributed by atoms with E-state index in [0.29, 0.717) is 4.60 Å². The molecule has 1 aromatic carbocycles. The summed E-state index contributed by atoms with van der Waals surface area (Å²) in [6, 6.07) is 10.4. The molecule has 0 amide bonds. The van der Waals surface area contributed by atoms with E-state index in [1.807, 2.05) is 12.1 Å². The Kier molecular flexibility index (Phi) is 4.07. The van der Waals surface area contributed by atoms with E-state index in [0.717, 1.165) is 21.7 Å². The molecule has 22 heavy (non-hydrogen) atoms. The van der Waals surface area contributed by atoms with Gasteiger partial charge in [-0.25, -0.2) is 13.4 Å². The normalized spacial score (nSPS) is 11.5. The van der Waals surface area contributed by atoms with Gasteiger partial charge < -0.3 is 0 Å². The number of hydrogen-bond acceptors (Lipinski definition) is 6. The highest BCUT2D eigenvalue weighted by atomic mass is 79.9. The molecule has 8 heteroatoms. The van der Waals surface area contributed by atoms with Crippen LogP contribution in [0.5, 0.6) is 0 Å². The van der Waals surface area contributed by atoms with Crippen LogP contribution in [0.1, 0.15) is 0 Å². The Balaban J connectivity index is 2.08. The van der Waals surface area contributed by atoms with Gasteiger partial charge in [-0.3, -0.25) is 0 Å². The number of rotatable bonds is 3. The Hall–Kier alpha value is -1.64. The van der Waals surface area contributed by atoms with Crippen LogP contribution in [0.4, 0.5) is 0 Å². The standard InChI is InChI=1S/C14H10BrN3O2S2/c1-22(19,20)10-6-4-9(5-7-10)13-12(17-18-21-13)11-3-2-8-16-14(11)15/h2-8H,1H3. The van der Waals surface area contributed by atoms with Crippen LogP contribution in [0, 0.1) is 0 Å². The molecule has 0 unspecified atom stereocenters. The molecule has 0 saturated heterocycles. The average molecular weight is 396 g/mol. The maximum atomic E-state index is 11.5. The van der Waals surface area contributed by atoms with Crippen LogP contribution < -0.4 is 0 Å². The molecule has 112 valence electrons. The number of hydrogen-bond donors (Lipinski definition) is 0. The molecule has 3 rings (SSSR count). The highest BCUT2D eigenvalue weighted by Crippen LogP contribution is 2.36. The van der Waals surface area contributed by atoms with Crippen LogP contribution in [0.2, 0.25) is 0 Å². The molecule has 0 aliphatic carbocycles. The molecule has 3 aromatic rings. The van der Waals surface area contributed by atoms with Crippen molar-refractivity contribution in [2.45, 2.75) is 4.90 Å². The Morgan fingerprint density at radius 3 is 2.50 bits per heavy atom. The van der Waals surface area contributed by atoms with Gasteiger partial charge in [-0.15, -0.1) is 5.10 Å². The summed E-state index contributed by atoms with van der Waals surface area (Å²) in [6.45, 7) is 0. The number of nitrogens with zero attached hydrogens (tertiary/aromatic N) is 3. The molecule has 0 bridgehead atoms. The quantitative estimate of drug-likeness (QED) is 0.635. The van der Waals surface area contributed by atoms with Crippen LogP contribution in [-0.4, -0.2) is 29.2 Å². The minimum atomic E-state index is -3.20. The number of sulfone groups is 1. The van der Waals surface area contributed by atoms with Gasteiger partial charge in [-0.1, -0.05) is 16.6 Å². The van der Waals surface area contributed by atoms with E-state index in [2.05, 4.69) is 30.5 Å². The van der Waals surface area contributed by atoms with Gasteiger partial charge >= 0.3 is 0 Å². The summed E-state index contributed by atoms with van der Waals surface area (Å²) in [7, 11) is -3.20. The largest absolute Gasteiger partial charge is 0.249 e. The van der Waals surface area contributed by atoms with Crippen molar-refractivity contribution in [1.29, 1.82) is 0 Å². The monoisotopic (exact) mass is 395 g/mol. The first-order chi connectivity index (χ1) is 10.5. The molecule has 0 atom stereocenters. The lowest BCUT2D eigenvalue weighted by atomic mass is 10.1. The molecule has 2 aromatic heterocycles. The second-order valence-corrected chi connectivity index (χ2v) is 8.11. The first-order valence-corrected chi connectivity index (χ1v) is 9.66. The summed E-state index contributed by atoms with van der Waals surface area (Å²) in [5, 5.41) is 4.18. The average Bonchev–Trinajstić information content (AvgIpc) is 2.96. The van der Waals surface area contributed by atoms with Crippen molar-refractivity contribution in [2.24, 2.45) is 0 Å². The molecule has 0 aliphatic heterocycles. The summed E-state index contributed by atoms with van der Waals surface area (Å²) >= 11 is 4.67. The van der Waals surface area contributed by atoms with Crippen molar-refractivity contribution in [3.05, 3.63) is 47.2 Å². The molecule has 0 fully saturated rings. The molecule has 2 heterocycles. The van der Waals surface area contributed by atoms with Crippen molar-refractivity contribution in [2.75, 3.05) is 6.26 Å². The van der Waals surface area contributed by atoms with Gasteiger partial charge in [0.1, 0.15) is 10.3 Å². The summed E-state index contributed by atoms with van der Waals surface area (Å²) in [5.41, 5.74) is 2.43. The van der Waals surface area contributed by atoms with E-state index >= 15 is 0 Å². The Morgan fingerprint density at radius 2 is 1.86 bits per heavy atom. The zero-order valence-corrected chi connectivity index (χ0v) is 14.6. The third kappa shape index (κ3) is 2.94. The van der Waals surface area contributed by atoms with Crippen molar-refractivity contribution in [3.63, 3.8) is 0 Å². The predicted octanol–water partition coefficient (Wildman–Crippen LogP) is 3.43.